The van der Waals surface area contributed by atoms with Crippen LogP contribution in [0, 0.1) is 13.8 Å². The smallest absolute Gasteiger partial charge is 0.264 e. The molecule has 0 unspecified atom stereocenters. The molecule has 236 valence electrons. The van der Waals surface area contributed by atoms with E-state index in [2.05, 4.69) is 5.32 Å². The van der Waals surface area contributed by atoms with Gasteiger partial charge < -0.3 is 10.2 Å². The lowest BCUT2D eigenvalue weighted by Crippen LogP contribution is -2.54. The number of benzene rings is 4. The number of rotatable bonds is 13. The average Bonchev–Trinajstić information content (AvgIpc) is 3.03. The first-order valence-electron chi connectivity index (χ1n) is 15.0. The zero-order chi connectivity index (χ0) is 32.6. The maximum absolute atomic E-state index is 14.6. The summed E-state index contributed by atoms with van der Waals surface area (Å²) < 4.78 is 29.3. The number of sulfonamides is 1. The summed E-state index contributed by atoms with van der Waals surface area (Å²) in [5, 5.41) is 3.46. The molecule has 0 aromatic heterocycles. The SMILES string of the molecule is CC[C@@H](C)NC(=O)[C@@H](Cc1ccccc1)N(Cc1ccccc1C)C(=O)CN(c1ccc(C)cc1)S(=O)(=O)c1ccc(Cl)cc1. The second-order valence-electron chi connectivity index (χ2n) is 11.3. The average molecular weight is 646 g/mol. The monoisotopic (exact) mass is 645 g/mol. The van der Waals surface area contributed by atoms with E-state index in [4.69, 9.17) is 11.6 Å². The van der Waals surface area contributed by atoms with E-state index in [1.807, 2.05) is 82.3 Å². The molecule has 0 heterocycles. The Balaban J connectivity index is 1.81. The van der Waals surface area contributed by atoms with Crippen LogP contribution in [0.15, 0.2) is 108 Å². The Hall–Kier alpha value is -4.14. The van der Waals surface area contributed by atoms with Crippen molar-refractivity contribution in [3.8, 4) is 0 Å². The van der Waals surface area contributed by atoms with Crippen molar-refractivity contribution in [2.75, 3.05) is 10.8 Å². The molecule has 0 saturated heterocycles. The standard InChI is InChI=1S/C36H40ClN3O4S/c1-5-28(4)38-36(42)34(23-29-12-7-6-8-13-29)39(24-30-14-10-9-11-27(30)3)35(41)25-40(32-19-15-26(2)16-20-32)45(43,44)33-21-17-31(37)18-22-33/h6-22,28,34H,5,23-25H2,1-4H3,(H,38,42)/t28-,34-/m1/s1. The Morgan fingerprint density at radius 2 is 1.47 bits per heavy atom. The van der Waals surface area contributed by atoms with Crippen molar-refractivity contribution < 1.29 is 18.0 Å². The molecule has 0 aliphatic carbocycles. The van der Waals surface area contributed by atoms with Crippen molar-refractivity contribution in [1.29, 1.82) is 0 Å². The molecule has 0 fully saturated rings. The number of hydrogen-bond acceptors (Lipinski definition) is 4. The number of carbonyl (C=O) groups is 2. The molecule has 7 nitrogen and oxygen atoms in total. The van der Waals surface area contributed by atoms with Crippen LogP contribution in [0.4, 0.5) is 5.69 Å². The van der Waals surface area contributed by atoms with Gasteiger partial charge in [-0.1, -0.05) is 90.8 Å². The lowest BCUT2D eigenvalue weighted by molar-refractivity contribution is -0.140. The molecule has 0 bridgehead atoms. The molecule has 9 heteroatoms. The first-order chi connectivity index (χ1) is 21.5. The first kappa shape index (κ1) is 33.7. The van der Waals surface area contributed by atoms with E-state index >= 15 is 0 Å². The molecule has 0 aliphatic rings. The number of amides is 2. The van der Waals surface area contributed by atoms with Gasteiger partial charge in [0, 0.05) is 24.0 Å². The molecular weight excluding hydrogens is 606 g/mol. The first-order valence-corrected chi connectivity index (χ1v) is 16.8. The number of aryl methyl sites for hydroxylation is 2. The molecular formula is C36H40ClN3O4S. The van der Waals surface area contributed by atoms with Gasteiger partial charge in [-0.15, -0.1) is 0 Å². The topological polar surface area (TPSA) is 86.8 Å². The Morgan fingerprint density at radius 3 is 2.09 bits per heavy atom. The fourth-order valence-corrected chi connectivity index (χ4v) is 6.48. The highest BCUT2D eigenvalue weighted by Crippen LogP contribution is 2.26. The molecule has 2 amide bonds. The summed E-state index contributed by atoms with van der Waals surface area (Å²) in [6.45, 7) is 7.37. The van der Waals surface area contributed by atoms with Gasteiger partial charge in [-0.25, -0.2) is 8.42 Å². The van der Waals surface area contributed by atoms with Crippen LogP contribution in [-0.4, -0.2) is 43.8 Å². The van der Waals surface area contributed by atoms with Crippen molar-refractivity contribution in [2.45, 2.75) is 64.1 Å². The van der Waals surface area contributed by atoms with Crippen molar-refractivity contribution in [2.24, 2.45) is 0 Å². The van der Waals surface area contributed by atoms with Crippen molar-refractivity contribution >= 4 is 39.1 Å². The fourth-order valence-electron chi connectivity index (χ4n) is 4.94. The maximum atomic E-state index is 14.6. The van der Waals surface area contributed by atoms with E-state index in [1.54, 1.807) is 24.3 Å². The summed E-state index contributed by atoms with van der Waals surface area (Å²) in [5.41, 5.74) is 3.99. The third-order valence-corrected chi connectivity index (χ3v) is 9.92. The van der Waals surface area contributed by atoms with Crippen LogP contribution < -0.4 is 9.62 Å². The van der Waals surface area contributed by atoms with Crippen LogP contribution >= 0.6 is 11.6 Å². The molecule has 1 N–H and O–H groups in total. The highest BCUT2D eigenvalue weighted by atomic mass is 35.5. The number of halogens is 1. The van der Waals surface area contributed by atoms with E-state index in [-0.39, 0.29) is 29.8 Å². The second kappa shape index (κ2) is 15.2. The predicted octanol–water partition coefficient (Wildman–Crippen LogP) is 6.71. The molecule has 4 aromatic rings. The zero-order valence-electron chi connectivity index (χ0n) is 26.1. The predicted molar refractivity (Wildman–Crippen MR) is 181 cm³/mol. The third-order valence-electron chi connectivity index (χ3n) is 7.88. The van der Waals surface area contributed by atoms with Crippen LogP contribution in [0.3, 0.4) is 0 Å². The second-order valence-corrected chi connectivity index (χ2v) is 13.6. The van der Waals surface area contributed by atoms with E-state index in [1.165, 1.54) is 29.2 Å². The van der Waals surface area contributed by atoms with Crippen LogP contribution in [0.2, 0.25) is 5.02 Å². The summed E-state index contributed by atoms with van der Waals surface area (Å²) in [5.74, 6) is -0.797. The van der Waals surface area contributed by atoms with Crippen molar-refractivity contribution in [1.82, 2.24) is 10.2 Å². The lowest BCUT2D eigenvalue weighted by Gasteiger charge is -2.34. The molecule has 2 atom stereocenters. The van der Waals surface area contributed by atoms with Crippen LogP contribution in [-0.2, 0) is 32.6 Å². The van der Waals surface area contributed by atoms with Crippen molar-refractivity contribution in [3.05, 3.63) is 130 Å². The summed E-state index contributed by atoms with van der Waals surface area (Å²) >= 11 is 6.06. The number of carbonyl (C=O) groups excluding carboxylic acids is 2. The maximum Gasteiger partial charge on any atom is 0.264 e. The third kappa shape index (κ3) is 8.74. The normalized spacial score (nSPS) is 12.6. The highest BCUT2D eigenvalue weighted by molar-refractivity contribution is 7.92. The summed E-state index contributed by atoms with van der Waals surface area (Å²) in [4.78, 5) is 30.0. The van der Waals surface area contributed by atoms with Gasteiger partial charge in [-0.3, -0.25) is 13.9 Å². The van der Waals surface area contributed by atoms with E-state index < -0.39 is 28.5 Å². The summed E-state index contributed by atoms with van der Waals surface area (Å²) in [6, 6.07) is 29.0. The van der Waals surface area contributed by atoms with Crippen LogP contribution in [0.1, 0.15) is 42.5 Å². The Bertz CT molecular complexity index is 1690. The highest BCUT2D eigenvalue weighted by Gasteiger charge is 2.35. The van der Waals surface area contributed by atoms with Crippen LogP contribution in [0.25, 0.3) is 0 Å². The molecule has 0 spiro atoms. The minimum atomic E-state index is -4.19. The quantitative estimate of drug-likeness (QED) is 0.175. The summed E-state index contributed by atoms with van der Waals surface area (Å²) in [6.07, 6.45) is 0.977. The van der Waals surface area contributed by atoms with Gasteiger partial charge in [0.05, 0.1) is 10.6 Å². The van der Waals surface area contributed by atoms with E-state index in [0.717, 1.165) is 33.0 Å². The number of anilines is 1. The van der Waals surface area contributed by atoms with Gasteiger partial charge >= 0.3 is 0 Å². The largest absolute Gasteiger partial charge is 0.352 e. The van der Waals surface area contributed by atoms with Gasteiger partial charge in [0.1, 0.15) is 12.6 Å². The van der Waals surface area contributed by atoms with Gasteiger partial charge in [0.2, 0.25) is 11.8 Å². The minimum Gasteiger partial charge on any atom is -0.352 e. The van der Waals surface area contributed by atoms with Crippen molar-refractivity contribution in [3.63, 3.8) is 0 Å². The Kier molecular flexibility index (Phi) is 11.4. The summed E-state index contributed by atoms with van der Waals surface area (Å²) in [7, 11) is -4.19. The van der Waals surface area contributed by atoms with E-state index in [9.17, 15) is 18.0 Å². The van der Waals surface area contributed by atoms with E-state index in [0.29, 0.717) is 10.7 Å². The van der Waals surface area contributed by atoms with Gasteiger partial charge in [-0.2, -0.15) is 0 Å². The van der Waals surface area contributed by atoms with Gasteiger partial charge in [0.15, 0.2) is 0 Å². The minimum absolute atomic E-state index is 0.000998. The number of nitrogens with zero attached hydrogens (tertiary/aromatic N) is 2. The Morgan fingerprint density at radius 1 is 0.844 bits per heavy atom. The molecule has 0 aliphatic heterocycles. The number of hydrogen-bond donors (Lipinski definition) is 1. The lowest BCUT2D eigenvalue weighted by atomic mass is 10.0. The molecule has 0 radical (unpaired) electrons. The number of nitrogens with one attached hydrogen (secondary N) is 1. The van der Waals surface area contributed by atoms with Crippen LogP contribution in [0.5, 0.6) is 0 Å². The van der Waals surface area contributed by atoms with Gasteiger partial charge in [0.25, 0.3) is 10.0 Å². The Labute approximate surface area is 271 Å². The molecule has 45 heavy (non-hydrogen) atoms. The molecule has 0 saturated carbocycles. The molecule has 4 rings (SSSR count). The van der Waals surface area contributed by atoms with Gasteiger partial charge in [-0.05, 0) is 80.3 Å². The molecule has 4 aromatic carbocycles. The fraction of sp³-hybridized carbons (Fsp3) is 0.278. The zero-order valence-corrected chi connectivity index (χ0v) is 27.7.